The van der Waals surface area contributed by atoms with E-state index in [1.165, 1.54) is 5.56 Å². The Morgan fingerprint density at radius 1 is 0.920 bits per heavy atom. The summed E-state index contributed by atoms with van der Waals surface area (Å²) >= 11 is 0. The molecule has 4 aromatic rings. The number of nitrogens with one attached hydrogen (secondary N) is 1. The van der Waals surface area contributed by atoms with Gasteiger partial charge in [-0.15, -0.1) is 0 Å². The molecule has 0 saturated heterocycles. The second-order valence-corrected chi connectivity index (χ2v) is 5.91. The van der Waals surface area contributed by atoms with Gasteiger partial charge < -0.3 is 10.1 Å². The van der Waals surface area contributed by atoms with Gasteiger partial charge in [0.1, 0.15) is 22.9 Å². The van der Waals surface area contributed by atoms with Crippen molar-refractivity contribution in [1.29, 1.82) is 0 Å². The second-order valence-electron chi connectivity index (χ2n) is 5.91. The lowest BCUT2D eigenvalue weighted by atomic mass is 10.1. The predicted molar refractivity (Wildman–Crippen MR) is 102 cm³/mol. The fourth-order valence-electron chi connectivity index (χ4n) is 2.91. The number of para-hydroxylation sites is 1. The van der Waals surface area contributed by atoms with Crippen LogP contribution in [0.15, 0.2) is 72.9 Å². The number of fused-ring (bicyclic) bond motifs is 1. The minimum atomic E-state index is 0.834. The maximum absolute atomic E-state index is 5.26. The Bertz CT molecular complexity index is 1020. The highest BCUT2D eigenvalue weighted by molar-refractivity contribution is 5.80. The van der Waals surface area contributed by atoms with Crippen molar-refractivity contribution in [2.24, 2.45) is 0 Å². The molecule has 0 spiro atoms. The van der Waals surface area contributed by atoms with E-state index in [0.717, 1.165) is 34.2 Å². The van der Waals surface area contributed by atoms with Crippen LogP contribution >= 0.6 is 0 Å². The molecule has 4 heteroatoms. The minimum Gasteiger partial charge on any atom is -0.497 e. The Hall–Kier alpha value is -3.27. The Morgan fingerprint density at radius 3 is 2.44 bits per heavy atom. The number of methoxy groups -OCH3 is 1. The largest absolute Gasteiger partial charge is 0.497 e. The van der Waals surface area contributed by atoms with Crippen molar-refractivity contribution in [2.45, 2.75) is 6.92 Å². The van der Waals surface area contributed by atoms with Crippen LogP contribution in [0.3, 0.4) is 0 Å². The number of hydrogen-bond acceptors (Lipinski definition) is 3. The first kappa shape index (κ1) is 15.3. The summed E-state index contributed by atoms with van der Waals surface area (Å²) in [7, 11) is 1.67. The molecule has 0 aliphatic carbocycles. The number of anilines is 2. The van der Waals surface area contributed by atoms with Crippen molar-refractivity contribution in [2.75, 3.05) is 12.4 Å². The van der Waals surface area contributed by atoms with Gasteiger partial charge in [-0.25, -0.2) is 4.98 Å². The zero-order valence-electron chi connectivity index (χ0n) is 14.2. The highest BCUT2D eigenvalue weighted by Crippen LogP contribution is 2.32. The van der Waals surface area contributed by atoms with Crippen LogP contribution < -0.4 is 10.1 Å². The molecule has 124 valence electrons. The number of benzene rings is 2. The van der Waals surface area contributed by atoms with Crippen molar-refractivity contribution in [3.63, 3.8) is 0 Å². The lowest BCUT2D eigenvalue weighted by molar-refractivity contribution is 0.415. The molecule has 2 heterocycles. The first-order valence-electron chi connectivity index (χ1n) is 8.20. The topological polar surface area (TPSA) is 38.6 Å². The van der Waals surface area contributed by atoms with Gasteiger partial charge in [-0.2, -0.15) is 0 Å². The van der Waals surface area contributed by atoms with Gasteiger partial charge in [-0.3, -0.25) is 4.40 Å². The van der Waals surface area contributed by atoms with Gasteiger partial charge in [0.2, 0.25) is 0 Å². The van der Waals surface area contributed by atoms with E-state index in [0.29, 0.717) is 0 Å². The van der Waals surface area contributed by atoms with E-state index in [2.05, 4.69) is 28.8 Å². The fraction of sp³-hybridized carbons (Fsp3) is 0.0952. The summed E-state index contributed by atoms with van der Waals surface area (Å²) in [4.78, 5) is 4.82. The van der Waals surface area contributed by atoms with Crippen LogP contribution in [0, 0.1) is 6.92 Å². The second kappa shape index (κ2) is 6.32. The molecule has 0 radical (unpaired) electrons. The number of aromatic nitrogens is 2. The molecule has 4 nitrogen and oxygen atoms in total. The van der Waals surface area contributed by atoms with Crippen molar-refractivity contribution in [3.05, 3.63) is 78.5 Å². The summed E-state index contributed by atoms with van der Waals surface area (Å²) in [6.45, 7) is 2.10. The van der Waals surface area contributed by atoms with Gasteiger partial charge in [0, 0.05) is 17.4 Å². The van der Waals surface area contributed by atoms with Gasteiger partial charge in [0.15, 0.2) is 0 Å². The van der Waals surface area contributed by atoms with Gasteiger partial charge in [0.25, 0.3) is 0 Å². The van der Waals surface area contributed by atoms with E-state index in [1.807, 2.05) is 60.8 Å². The van der Waals surface area contributed by atoms with Crippen molar-refractivity contribution >= 4 is 17.2 Å². The Morgan fingerprint density at radius 2 is 1.68 bits per heavy atom. The first-order chi connectivity index (χ1) is 12.3. The number of aryl methyl sites for hydroxylation is 1. The molecule has 0 fully saturated rings. The number of pyridine rings is 1. The molecule has 0 aliphatic heterocycles. The average Bonchev–Trinajstić information content (AvgIpc) is 3.02. The molecule has 0 unspecified atom stereocenters. The Balaban J connectivity index is 1.87. The monoisotopic (exact) mass is 329 g/mol. The van der Waals surface area contributed by atoms with Crippen LogP contribution in [0.5, 0.6) is 5.75 Å². The summed E-state index contributed by atoms with van der Waals surface area (Å²) in [5, 5.41) is 3.56. The lowest BCUT2D eigenvalue weighted by Gasteiger charge is -2.11. The first-order valence-corrected chi connectivity index (χ1v) is 8.20. The SMILES string of the molecule is COc1ccc(-c2nc3ccccn3c2Nc2ccccc2C)cc1. The molecule has 2 aromatic carbocycles. The van der Waals surface area contributed by atoms with Gasteiger partial charge in [0.05, 0.1) is 7.11 Å². The number of nitrogens with zero attached hydrogens (tertiary/aromatic N) is 2. The summed E-state index contributed by atoms with van der Waals surface area (Å²) < 4.78 is 7.34. The van der Waals surface area contributed by atoms with Crippen LogP contribution in [0.2, 0.25) is 0 Å². The average molecular weight is 329 g/mol. The van der Waals surface area contributed by atoms with Gasteiger partial charge in [-0.05, 0) is 55.0 Å². The normalized spacial score (nSPS) is 10.8. The third kappa shape index (κ3) is 2.83. The molecule has 1 N–H and O–H groups in total. The highest BCUT2D eigenvalue weighted by Gasteiger charge is 2.14. The molecule has 0 amide bonds. The minimum absolute atomic E-state index is 0.834. The lowest BCUT2D eigenvalue weighted by Crippen LogP contribution is -1.98. The third-order valence-corrected chi connectivity index (χ3v) is 4.29. The quantitative estimate of drug-likeness (QED) is 0.568. The predicted octanol–water partition coefficient (Wildman–Crippen LogP) is 5.06. The zero-order chi connectivity index (χ0) is 17.2. The Labute approximate surface area is 146 Å². The molecule has 2 aromatic heterocycles. The summed E-state index contributed by atoms with van der Waals surface area (Å²) in [5.74, 6) is 1.79. The maximum atomic E-state index is 5.26. The van der Waals surface area contributed by atoms with Crippen molar-refractivity contribution in [1.82, 2.24) is 9.38 Å². The van der Waals surface area contributed by atoms with Crippen LogP contribution in [-0.4, -0.2) is 16.5 Å². The van der Waals surface area contributed by atoms with Crippen LogP contribution in [-0.2, 0) is 0 Å². The van der Waals surface area contributed by atoms with E-state index < -0.39 is 0 Å². The van der Waals surface area contributed by atoms with Crippen molar-refractivity contribution < 1.29 is 4.74 Å². The number of ether oxygens (including phenoxy) is 1. The van der Waals surface area contributed by atoms with E-state index in [1.54, 1.807) is 7.11 Å². The third-order valence-electron chi connectivity index (χ3n) is 4.29. The van der Waals surface area contributed by atoms with E-state index in [9.17, 15) is 0 Å². The van der Waals surface area contributed by atoms with Crippen LogP contribution in [0.25, 0.3) is 16.9 Å². The van der Waals surface area contributed by atoms with E-state index in [4.69, 9.17) is 9.72 Å². The van der Waals surface area contributed by atoms with Gasteiger partial charge in [-0.1, -0.05) is 24.3 Å². The van der Waals surface area contributed by atoms with E-state index >= 15 is 0 Å². The molecule has 0 aliphatic rings. The number of rotatable bonds is 4. The smallest absolute Gasteiger partial charge is 0.143 e. The molecule has 0 saturated carbocycles. The summed E-state index contributed by atoms with van der Waals surface area (Å²) in [6.07, 6.45) is 2.02. The van der Waals surface area contributed by atoms with Crippen LogP contribution in [0.1, 0.15) is 5.56 Å². The van der Waals surface area contributed by atoms with Crippen molar-refractivity contribution in [3.8, 4) is 17.0 Å². The van der Waals surface area contributed by atoms with Crippen LogP contribution in [0.4, 0.5) is 11.5 Å². The maximum Gasteiger partial charge on any atom is 0.143 e. The summed E-state index contributed by atoms with van der Waals surface area (Å²) in [5.41, 5.74) is 5.12. The fourth-order valence-corrected chi connectivity index (χ4v) is 2.91. The van der Waals surface area contributed by atoms with E-state index in [-0.39, 0.29) is 0 Å². The standard InChI is InChI=1S/C21H19N3O/c1-15-7-3-4-8-18(15)22-21-20(16-10-12-17(25-2)13-11-16)23-19-9-5-6-14-24(19)21/h3-14,22H,1-2H3. The molecule has 0 atom stereocenters. The zero-order valence-corrected chi connectivity index (χ0v) is 14.2. The number of imidazole rings is 1. The Kier molecular flexibility index (Phi) is 3.86. The molecule has 4 rings (SSSR count). The molecular formula is C21H19N3O. The van der Waals surface area contributed by atoms with Gasteiger partial charge >= 0.3 is 0 Å². The molecule has 25 heavy (non-hydrogen) atoms. The molecule has 0 bridgehead atoms. The molecular weight excluding hydrogens is 310 g/mol. The summed E-state index contributed by atoms with van der Waals surface area (Å²) in [6, 6.07) is 22.2. The number of hydrogen-bond donors (Lipinski definition) is 1. The highest BCUT2D eigenvalue weighted by atomic mass is 16.5.